The number of fused-ring (bicyclic) bond motifs is 1. The van der Waals surface area contributed by atoms with E-state index >= 15 is 0 Å². The van der Waals surface area contributed by atoms with Gasteiger partial charge in [0.05, 0.1) is 47.0 Å². The lowest BCUT2D eigenvalue weighted by Gasteiger charge is -2.24. The van der Waals surface area contributed by atoms with Crippen molar-refractivity contribution in [2.75, 3.05) is 55.9 Å². The summed E-state index contributed by atoms with van der Waals surface area (Å²) in [6.07, 6.45) is -3.65. The molecule has 4 N–H and O–H groups in total. The second kappa shape index (κ2) is 13.5. The van der Waals surface area contributed by atoms with Crippen LogP contribution in [0.2, 0.25) is 0 Å². The monoisotopic (exact) mass is 641 g/mol. The third-order valence-corrected chi connectivity index (χ3v) is 10.1. The molecule has 0 atom stereocenters. The number of nitrogens with zero attached hydrogens (tertiary/aromatic N) is 1. The quantitative estimate of drug-likeness (QED) is 0.186. The Labute approximate surface area is 249 Å². The van der Waals surface area contributed by atoms with Crippen LogP contribution in [0.25, 0.3) is 10.9 Å². The van der Waals surface area contributed by atoms with Crippen molar-refractivity contribution in [3.63, 3.8) is 0 Å². The molecule has 1 aromatic heterocycles. The molecule has 0 saturated carbocycles. The highest BCUT2D eigenvalue weighted by Gasteiger charge is 2.30. The number of anilines is 2. The number of benzene rings is 2. The van der Waals surface area contributed by atoms with E-state index in [1.54, 1.807) is 31.3 Å². The smallest absolute Gasteiger partial charge is 0.406 e. The fourth-order valence-corrected chi connectivity index (χ4v) is 7.31. The molecule has 0 bridgehead atoms. The zero-order chi connectivity index (χ0) is 31.3. The number of sulfone groups is 1. The van der Waals surface area contributed by atoms with Crippen LogP contribution >= 0.6 is 0 Å². The molecular weight excluding hydrogens is 607 g/mol. The first-order chi connectivity index (χ1) is 20.3. The summed E-state index contributed by atoms with van der Waals surface area (Å²) in [7, 11) is -3.70. The number of sulfonamides is 1. The number of likely N-dealkylation sites (N-methyl/N-ethyl adjacent to an activating group) is 1. The van der Waals surface area contributed by atoms with E-state index < -0.39 is 32.6 Å². The number of ether oxygens (including phenoxy) is 1. The van der Waals surface area contributed by atoms with Gasteiger partial charge in [0.15, 0.2) is 0 Å². The third-order valence-electron chi connectivity index (χ3n) is 6.93. The summed E-state index contributed by atoms with van der Waals surface area (Å²) in [5.41, 5.74) is 1.59. The van der Waals surface area contributed by atoms with Crippen LogP contribution in [0.3, 0.4) is 0 Å². The molecule has 0 amide bonds. The van der Waals surface area contributed by atoms with Gasteiger partial charge >= 0.3 is 6.18 Å². The van der Waals surface area contributed by atoms with Crippen LogP contribution in [0.15, 0.2) is 47.4 Å². The van der Waals surface area contributed by atoms with Gasteiger partial charge in [-0.3, -0.25) is 0 Å². The normalized spacial score (nSPS) is 15.6. The predicted molar refractivity (Wildman–Crippen MR) is 161 cm³/mol. The number of rotatable bonds is 11. The Bertz CT molecular complexity index is 1710. The van der Waals surface area contributed by atoms with E-state index in [0.29, 0.717) is 41.7 Å². The molecule has 15 heteroatoms. The van der Waals surface area contributed by atoms with E-state index in [1.165, 1.54) is 25.3 Å². The zero-order valence-electron chi connectivity index (χ0n) is 23.7. The molecule has 43 heavy (non-hydrogen) atoms. The average molecular weight is 642 g/mol. The topological polar surface area (TPSA) is 131 Å². The number of hydrogen-bond acceptors (Lipinski definition) is 8. The molecule has 2 heterocycles. The number of methoxy groups -OCH3 is 1. The molecule has 3 aromatic rings. The van der Waals surface area contributed by atoms with Crippen molar-refractivity contribution in [3.8, 4) is 17.6 Å². The Morgan fingerprint density at radius 1 is 1.07 bits per heavy atom. The standard InChI is InChI=1S/C28H34F3N5O5S2/c1-32-13-14-34-43(39,40)22-8-9-25(27(18-22)41-2)33-12-4-5-21-17-23-24(35-20-10-15-42(37,38)16-11-20)6-3-7-26(23)36(21)19-28(29,30)31/h3,6-9,17-18,20,32-35H,10-16,19H2,1-2H3. The molecule has 1 saturated heterocycles. The van der Waals surface area contributed by atoms with Crippen molar-refractivity contribution in [1.82, 2.24) is 14.6 Å². The molecule has 2 aromatic carbocycles. The van der Waals surface area contributed by atoms with Gasteiger partial charge in [0.25, 0.3) is 0 Å². The second-order valence-corrected chi connectivity index (χ2v) is 14.1. The van der Waals surface area contributed by atoms with Crippen molar-refractivity contribution in [2.24, 2.45) is 0 Å². The second-order valence-electron chi connectivity index (χ2n) is 10.1. The number of halogens is 3. The fraction of sp³-hybridized carbons (Fsp3) is 0.429. The van der Waals surface area contributed by atoms with Gasteiger partial charge in [-0.05, 0) is 56.1 Å². The highest BCUT2D eigenvalue weighted by atomic mass is 32.2. The number of alkyl halides is 3. The number of nitrogens with one attached hydrogen (secondary N) is 4. The summed E-state index contributed by atoms with van der Waals surface area (Å²) in [4.78, 5) is 0.0213. The van der Waals surface area contributed by atoms with Crippen LogP contribution in [0, 0.1) is 11.8 Å². The lowest BCUT2D eigenvalue weighted by molar-refractivity contribution is -0.140. The average Bonchev–Trinajstić information content (AvgIpc) is 3.28. The summed E-state index contributed by atoms with van der Waals surface area (Å²) < 4.78 is 98.2. The van der Waals surface area contributed by atoms with E-state index in [2.05, 4.69) is 32.5 Å². The fourth-order valence-electron chi connectivity index (χ4n) is 4.77. The Morgan fingerprint density at radius 3 is 2.49 bits per heavy atom. The molecule has 4 rings (SSSR count). The Kier molecular flexibility index (Phi) is 10.2. The number of hydrogen-bond donors (Lipinski definition) is 4. The molecule has 0 radical (unpaired) electrons. The van der Waals surface area contributed by atoms with Crippen molar-refractivity contribution < 1.29 is 34.7 Å². The van der Waals surface area contributed by atoms with E-state index in [9.17, 15) is 30.0 Å². The van der Waals surface area contributed by atoms with Crippen LogP contribution in [-0.2, 0) is 26.4 Å². The molecular formula is C28H34F3N5O5S2. The number of aromatic nitrogens is 1. The molecule has 1 aliphatic heterocycles. The summed E-state index contributed by atoms with van der Waals surface area (Å²) >= 11 is 0. The van der Waals surface area contributed by atoms with E-state index in [4.69, 9.17) is 4.74 Å². The van der Waals surface area contributed by atoms with Crippen LogP contribution in [0.4, 0.5) is 24.5 Å². The van der Waals surface area contributed by atoms with E-state index in [-0.39, 0.29) is 47.0 Å². The minimum atomic E-state index is -4.49. The maximum Gasteiger partial charge on any atom is 0.406 e. The lowest BCUT2D eigenvalue weighted by atomic mass is 10.1. The van der Waals surface area contributed by atoms with Crippen molar-refractivity contribution in [2.45, 2.75) is 36.5 Å². The molecule has 1 fully saturated rings. The minimum absolute atomic E-state index is 0.0213. The van der Waals surface area contributed by atoms with Crippen LogP contribution < -0.4 is 25.4 Å². The Balaban J connectivity index is 1.55. The van der Waals surface area contributed by atoms with E-state index in [0.717, 1.165) is 4.57 Å². The summed E-state index contributed by atoms with van der Waals surface area (Å²) in [6, 6.07) is 10.8. The van der Waals surface area contributed by atoms with Gasteiger partial charge in [-0.15, -0.1) is 0 Å². The summed E-state index contributed by atoms with van der Waals surface area (Å²) in [5, 5.41) is 9.74. The van der Waals surface area contributed by atoms with Crippen LogP contribution in [0.1, 0.15) is 18.5 Å². The Hall–Kier alpha value is -3.45. The van der Waals surface area contributed by atoms with Gasteiger partial charge < -0.3 is 25.3 Å². The van der Waals surface area contributed by atoms with Gasteiger partial charge in [0.2, 0.25) is 10.0 Å². The highest BCUT2D eigenvalue weighted by Crippen LogP contribution is 2.32. The van der Waals surface area contributed by atoms with Crippen molar-refractivity contribution in [3.05, 3.63) is 48.2 Å². The molecule has 1 aliphatic rings. The molecule has 0 aliphatic carbocycles. The zero-order valence-corrected chi connectivity index (χ0v) is 25.3. The van der Waals surface area contributed by atoms with Gasteiger partial charge in [0, 0.05) is 36.3 Å². The highest BCUT2D eigenvalue weighted by molar-refractivity contribution is 7.91. The van der Waals surface area contributed by atoms with Crippen molar-refractivity contribution >= 4 is 42.1 Å². The third kappa shape index (κ3) is 8.56. The molecule has 10 nitrogen and oxygen atoms in total. The van der Waals surface area contributed by atoms with Gasteiger partial charge in [-0.25, -0.2) is 21.6 Å². The van der Waals surface area contributed by atoms with Gasteiger partial charge in [-0.1, -0.05) is 12.0 Å². The summed E-state index contributed by atoms with van der Waals surface area (Å²) in [5.74, 6) is 6.07. The minimum Gasteiger partial charge on any atom is -0.495 e. The predicted octanol–water partition coefficient (Wildman–Crippen LogP) is 3.16. The Morgan fingerprint density at radius 2 is 1.81 bits per heavy atom. The summed E-state index contributed by atoms with van der Waals surface area (Å²) in [6.45, 7) is -0.519. The first-order valence-electron chi connectivity index (χ1n) is 13.5. The van der Waals surface area contributed by atoms with Crippen LogP contribution in [-0.4, -0.2) is 78.9 Å². The molecule has 234 valence electrons. The van der Waals surface area contributed by atoms with Crippen LogP contribution in [0.5, 0.6) is 5.75 Å². The largest absolute Gasteiger partial charge is 0.495 e. The maximum atomic E-state index is 13.6. The van der Waals surface area contributed by atoms with Gasteiger partial charge in [-0.2, -0.15) is 13.2 Å². The molecule has 0 spiro atoms. The van der Waals surface area contributed by atoms with Crippen molar-refractivity contribution in [1.29, 1.82) is 0 Å². The lowest BCUT2D eigenvalue weighted by Crippen LogP contribution is -2.32. The van der Waals surface area contributed by atoms with Gasteiger partial charge in [0.1, 0.15) is 22.1 Å². The first kappa shape index (κ1) is 32.5. The first-order valence-corrected chi connectivity index (χ1v) is 16.8. The maximum absolute atomic E-state index is 13.6. The SMILES string of the molecule is CNCCNS(=O)(=O)c1ccc(NCC#Cc2cc3c(NC4CCS(=O)(=O)CC4)cccc3n2CC(F)(F)F)c(OC)c1. The molecule has 0 unspecified atom stereocenters. The van der Waals surface area contributed by atoms with E-state index in [1.807, 2.05) is 0 Å².